The average molecular weight is 276 g/mol. The number of amides is 2. The van der Waals surface area contributed by atoms with Crippen molar-refractivity contribution in [2.24, 2.45) is 0 Å². The van der Waals surface area contributed by atoms with Gasteiger partial charge in [0.2, 0.25) is 0 Å². The maximum atomic E-state index is 12.4. The zero-order valence-electron chi connectivity index (χ0n) is 9.09. The van der Waals surface area contributed by atoms with Crippen LogP contribution in [0.1, 0.15) is 0 Å². The Hall–Kier alpha value is -1.58. The van der Waals surface area contributed by atoms with E-state index < -0.39 is 37.5 Å². The number of alkyl halides is 4. The lowest BCUT2D eigenvalue weighted by atomic mass is 10.3. The summed E-state index contributed by atoms with van der Waals surface area (Å²) in [5, 5.41) is 11.7. The van der Waals surface area contributed by atoms with E-state index in [1.807, 2.05) is 5.32 Å². The van der Waals surface area contributed by atoms with Crippen LogP contribution in [0.25, 0.3) is 0 Å². The minimum absolute atomic E-state index is 0.140. The lowest BCUT2D eigenvalue weighted by Gasteiger charge is -2.15. The van der Waals surface area contributed by atoms with Crippen LogP contribution in [0.5, 0.6) is 0 Å². The quantitative estimate of drug-likeness (QED) is 0.439. The molecule has 2 amide bonds. The lowest BCUT2D eigenvalue weighted by molar-refractivity contribution is -0.142. The first-order valence-electron chi connectivity index (χ1n) is 4.73. The fourth-order valence-corrected chi connectivity index (χ4v) is 0.734. The van der Waals surface area contributed by atoms with Gasteiger partial charge in [0.1, 0.15) is 6.61 Å². The number of carboxylic acids is 1. The number of halogens is 4. The van der Waals surface area contributed by atoms with Crippen LogP contribution in [0.15, 0.2) is 0 Å². The van der Waals surface area contributed by atoms with E-state index in [4.69, 9.17) is 5.11 Å². The highest BCUT2D eigenvalue weighted by Gasteiger charge is 2.40. The standard InChI is InChI=1S/C8H12F4N2O4/c9-6(10)8(11,12)4-14-7(17)13-1-2-18-3-5(15)16/h6H,1-4H2,(H,15,16)(H2,13,14,17). The van der Waals surface area contributed by atoms with E-state index in [0.29, 0.717) is 0 Å². The smallest absolute Gasteiger partial charge is 0.329 e. The molecule has 0 radical (unpaired) electrons. The molecule has 0 unspecified atom stereocenters. The van der Waals surface area contributed by atoms with Gasteiger partial charge < -0.3 is 20.5 Å². The van der Waals surface area contributed by atoms with Gasteiger partial charge in [-0.15, -0.1) is 0 Å². The minimum Gasteiger partial charge on any atom is -0.480 e. The van der Waals surface area contributed by atoms with E-state index >= 15 is 0 Å². The van der Waals surface area contributed by atoms with Crippen LogP contribution in [0.2, 0.25) is 0 Å². The molecular formula is C8H12F4N2O4. The Morgan fingerprint density at radius 3 is 2.39 bits per heavy atom. The number of hydrogen-bond donors (Lipinski definition) is 3. The number of hydrogen-bond acceptors (Lipinski definition) is 3. The van der Waals surface area contributed by atoms with Crippen LogP contribution in [0.4, 0.5) is 22.4 Å². The summed E-state index contributed by atoms with van der Waals surface area (Å²) < 4.78 is 52.6. The largest absolute Gasteiger partial charge is 0.480 e. The fourth-order valence-electron chi connectivity index (χ4n) is 0.734. The summed E-state index contributed by atoms with van der Waals surface area (Å²) in [6, 6.07) is -1.07. The van der Waals surface area contributed by atoms with Gasteiger partial charge in [-0.1, -0.05) is 0 Å². The van der Waals surface area contributed by atoms with Gasteiger partial charge in [0.05, 0.1) is 13.2 Å². The summed E-state index contributed by atoms with van der Waals surface area (Å²) >= 11 is 0. The second-order valence-electron chi connectivity index (χ2n) is 3.12. The summed E-state index contributed by atoms with van der Waals surface area (Å²) in [6.07, 6.45) is -3.86. The Balaban J connectivity index is 3.63. The summed E-state index contributed by atoms with van der Waals surface area (Å²) in [5.74, 6) is -5.49. The normalized spacial score (nSPS) is 11.4. The molecule has 18 heavy (non-hydrogen) atoms. The molecule has 0 rings (SSSR count). The van der Waals surface area contributed by atoms with E-state index in [2.05, 4.69) is 4.74 Å². The number of aliphatic carboxylic acids is 1. The molecule has 0 aliphatic heterocycles. The molecule has 0 saturated heterocycles. The van der Waals surface area contributed by atoms with Gasteiger partial charge in [-0.05, 0) is 0 Å². The lowest BCUT2D eigenvalue weighted by Crippen LogP contribution is -2.45. The fraction of sp³-hybridized carbons (Fsp3) is 0.750. The van der Waals surface area contributed by atoms with Gasteiger partial charge in [0, 0.05) is 6.54 Å². The van der Waals surface area contributed by atoms with Crippen molar-refractivity contribution in [3.05, 3.63) is 0 Å². The second-order valence-corrected chi connectivity index (χ2v) is 3.12. The average Bonchev–Trinajstić information content (AvgIpc) is 2.25. The summed E-state index contributed by atoms with van der Waals surface area (Å²) in [5.41, 5.74) is 0. The van der Waals surface area contributed by atoms with Gasteiger partial charge in [-0.25, -0.2) is 18.4 Å². The van der Waals surface area contributed by atoms with Crippen molar-refractivity contribution in [2.45, 2.75) is 12.3 Å². The van der Waals surface area contributed by atoms with Gasteiger partial charge >= 0.3 is 24.3 Å². The maximum absolute atomic E-state index is 12.4. The molecule has 106 valence electrons. The molecule has 0 atom stereocenters. The Bertz CT molecular complexity index is 288. The van der Waals surface area contributed by atoms with E-state index in [9.17, 15) is 27.2 Å². The summed E-state index contributed by atoms with van der Waals surface area (Å²) in [7, 11) is 0. The third kappa shape index (κ3) is 7.65. The van der Waals surface area contributed by atoms with Crippen molar-refractivity contribution in [1.29, 1.82) is 0 Å². The molecule has 0 aromatic rings. The van der Waals surface area contributed by atoms with Crippen LogP contribution < -0.4 is 10.6 Å². The first kappa shape index (κ1) is 16.4. The Labute approximate surface area is 99.3 Å². The molecule has 0 aliphatic carbocycles. The molecule has 0 saturated carbocycles. The van der Waals surface area contributed by atoms with Crippen molar-refractivity contribution in [3.63, 3.8) is 0 Å². The molecule has 0 spiro atoms. The first-order valence-corrected chi connectivity index (χ1v) is 4.73. The SMILES string of the molecule is O=C(O)COCCNC(=O)NCC(F)(F)C(F)F. The topological polar surface area (TPSA) is 87.7 Å². The van der Waals surface area contributed by atoms with E-state index in [1.165, 1.54) is 0 Å². The predicted octanol–water partition coefficient (Wildman–Crippen LogP) is 0.287. The van der Waals surface area contributed by atoms with Crippen LogP contribution in [-0.4, -0.2) is 55.8 Å². The van der Waals surface area contributed by atoms with Gasteiger partial charge in [0.15, 0.2) is 0 Å². The third-order valence-electron chi connectivity index (χ3n) is 1.56. The number of urea groups is 1. The van der Waals surface area contributed by atoms with Crippen molar-refractivity contribution >= 4 is 12.0 Å². The molecule has 6 nitrogen and oxygen atoms in total. The molecule has 10 heteroatoms. The number of ether oxygens (including phenoxy) is 1. The highest BCUT2D eigenvalue weighted by molar-refractivity contribution is 5.73. The van der Waals surface area contributed by atoms with Crippen LogP contribution in [0, 0.1) is 0 Å². The van der Waals surface area contributed by atoms with Crippen LogP contribution in [0.3, 0.4) is 0 Å². The highest BCUT2D eigenvalue weighted by atomic mass is 19.3. The molecular weight excluding hydrogens is 264 g/mol. The monoisotopic (exact) mass is 276 g/mol. The van der Waals surface area contributed by atoms with E-state index in [0.717, 1.165) is 0 Å². The van der Waals surface area contributed by atoms with Gasteiger partial charge in [-0.2, -0.15) is 8.78 Å². The number of carbonyl (C=O) groups excluding carboxylic acids is 1. The van der Waals surface area contributed by atoms with Crippen molar-refractivity contribution in [1.82, 2.24) is 10.6 Å². The second kappa shape index (κ2) is 7.69. The van der Waals surface area contributed by atoms with Gasteiger partial charge in [0.25, 0.3) is 0 Å². The van der Waals surface area contributed by atoms with Crippen LogP contribution >= 0.6 is 0 Å². The molecule has 0 bridgehead atoms. The zero-order valence-corrected chi connectivity index (χ0v) is 9.09. The summed E-state index contributed by atoms with van der Waals surface area (Å²) in [6.45, 7) is -2.34. The highest BCUT2D eigenvalue weighted by Crippen LogP contribution is 2.21. The third-order valence-corrected chi connectivity index (χ3v) is 1.56. The molecule has 3 N–H and O–H groups in total. The molecule has 0 aromatic carbocycles. The van der Waals surface area contributed by atoms with E-state index in [-0.39, 0.29) is 13.2 Å². The predicted molar refractivity (Wildman–Crippen MR) is 50.8 cm³/mol. The molecule has 0 aromatic heterocycles. The van der Waals surface area contributed by atoms with Crippen molar-refractivity contribution in [3.8, 4) is 0 Å². The Morgan fingerprint density at radius 1 is 1.28 bits per heavy atom. The molecule has 0 aliphatic rings. The first-order chi connectivity index (χ1) is 8.25. The minimum atomic E-state index is -4.29. The number of carbonyl (C=O) groups is 2. The van der Waals surface area contributed by atoms with E-state index in [1.54, 1.807) is 5.32 Å². The maximum Gasteiger partial charge on any atom is 0.329 e. The molecule has 0 fully saturated rings. The number of nitrogens with one attached hydrogen (secondary N) is 2. The van der Waals surface area contributed by atoms with Crippen molar-refractivity contribution < 1.29 is 37.0 Å². The number of carboxylic acid groups (broad SMARTS) is 1. The van der Waals surface area contributed by atoms with Gasteiger partial charge in [-0.3, -0.25) is 0 Å². The Morgan fingerprint density at radius 2 is 1.89 bits per heavy atom. The van der Waals surface area contributed by atoms with Crippen LogP contribution in [-0.2, 0) is 9.53 Å². The van der Waals surface area contributed by atoms with Crippen molar-refractivity contribution in [2.75, 3.05) is 26.3 Å². The summed E-state index contributed by atoms with van der Waals surface area (Å²) in [4.78, 5) is 20.8. The molecule has 0 heterocycles. The Kier molecular flexibility index (Phi) is 7.01. The number of rotatable bonds is 8. The zero-order chi connectivity index (χ0) is 14.2.